The molecule has 260 valence electrons. The lowest BCUT2D eigenvalue weighted by molar-refractivity contribution is -0.143. The highest BCUT2D eigenvalue weighted by molar-refractivity contribution is 5.68. The molecule has 1 aromatic rings. The standard InChI is InChI=1S/C39H59N3O5/c1-26-36(44)10-9-35-20-31(12-14-42(26)35)32-17-27-5-3-6-29(15-27)19-34-22-38(2)21-33(41-34)8-4-7-28(18-32)16-30(24-43)11-13-39(47,25-40-38)23-37(45)46/h3,5-6,15,26,28,30-36,40-41,43-44,47H,8-14,16-25H2,1-2H3,(H,45,46)/t26-,28-,30-,31+,32+,33-,34-,35-,36-,38+,39-/m1/s1. The summed E-state index contributed by atoms with van der Waals surface area (Å²) in [7, 11) is 0. The molecule has 3 fully saturated rings. The van der Waals surface area contributed by atoms with Gasteiger partial charge < -0.3 is 31.1 Å². The first kappa shape index (κ1) is 34.9. The Balaban J connectivity index is 1.34. The molecule has 6 N–H and O–H groups in total. The minimum Gasteiger partial charge on any atom is -0.481 e. The maximum absolute atomic E-state index is 11.9. The van der Waals surface area contributed by atoms with Crippen molar-refractivity contribution in [1.82, 2.24) is 15.5 Å². The second kappa shape index (κ2) is 14.9. The van der Waals surface area contributed by atoms with Crippen LogP contribution in [0.5, 0.6) is 0 Å². The number of rotatable bonds is 4. The van der Waals surface area contributed by atoms with Crippen molar-refractivity contribution in [2.24, 2.45) is 23.7 Å². The van der Waals surface area contributed by atoms with E-state index in [9.17, 15) is 25.2 Å². The van der Waals surface area contributed by atoms with Crippen LogP contribution in [-0.4, -0.2) is 92.4 Å². The SMILES string of the molecule is C[C@@H]1[C@H](O)CC[C@@H]2C[C@@H]([C@H]3Cc4cccc(c4)C[C@@H]4C[C@]5(C)C[C@@H](CC#C[C@H](C[C@H](CO)CC[C@@](O)(CC(=O)O)CN5)C3)N4)CCN21. The molecule has 8 heteroatoms. The Hall–Kier alpha value is -1.99. The van der Waals surface area contributed by atoms with Gasteiger partial charge in [0, 0.05) is 55.2 Å². The molecule has 0 unspecified atom stereocenters. The molecule has 0 radical (unpaired) electrons. The fraction of sp³-hybridized carbons (Fsp3) is 0.769. The van der Waals surface area contributed by atoms with Gasteiger partial charge >= 0.3 is 5.97 Å². The van der Waals surface area contributed by atoms with Crippen LogP contribution in [0.2, 0.25) is 0 Å². The average Bonchev–Trinajstić information content (AvgIpc) is 3.02. The number of carbonyl (C=O) groups is 1. The lowest BCUT2D eigenvalue weighted by Gasteiger charge is -2.49. The van der Waals surface area contributed by atoms with Crippen LogP contribution in [0.4, 0.5) is 0 Å². The first-order chi connectivity index (χ1) is 22.5. The summed E-state index contributed by atoms with van der Waals surface area (Å²) in [6.45, 7) is 5.66. The van der Waals surface area contributed by atoms with Crippen LogP contribution in [0.3, 0.4) is 0 Å². The number of nitrogens with zero attached hydrogens (tertiary/aromatic N) is 1. The zero-order chi connectivity index (χ0) is 33.2. The molecule has 3 saturated heterocycles. The number of piperidine rings is 3. The van der Waals surface area contributed by atoms with Gasteiger partial charge in [-0.25, -0.2) is 0 Å². The largest absolute Gasteiger partial charge is 0.481 e. The number of hydrogen-bond acceptors (Lipinski definition) is 7. The van der Waals surface area contributed by atoms with Crippen molar-refractivity contribution in [2.75, 3.05) is 19.7 Å². The number of hydrogen-bond donors (Lipinski definition) is 6. The van der Waals surface area contributed by atoms with Gasteiger partial charge in [-0.1, -0.05) is 30.2 Å². The molecule has 0 aliphatic carbocycles. The van der Waals surface area contributed by atoms with E-state index >= 15 is 0 Å². The monoisotopic (exact) mass is 649 g/mol. The van der Waals surface area contributed by atoms with Crippen LogP contribution in [0.15, 0.2) is 24.3 Å². The van der Waals surface area contributed by atoms with E-state index in [-0.39, 0.29) is 61.2 Å². The quantitative estimate of drug-likeness (QED) is 0.272. The van der Waals surface area contributed by atoms with E-state index in [4.69, 9.17) is 0 Å². The van der Waals surface area contributed by atoms with Crippen LogP contribution in [0, 0.1) is 35.5 Å². The molecule has 0 saturated carbocycles. The van der Waals surface area contributed by atoms with Crippen molar-refractivity contribution in [2.45, 2.75) is 145 Å². The summed E-state index contributed by atoms with van der Waals surface area (Å²) in [5.74, 6) is 7.48. The number of carboxylic acids is 1. The van der Waals surface area contributed by atoms with Gasteiger partial charge in [0.05, 0.1) is 18.1 Å². The molecule has 0 spiro atoms. The Bertz CT molecular complexity index is 1300. The maximum Gasteiger partial charge on any atom is 0.306 e. The van der Waals surface area contributed by atoms with Gasteiger partial charge in [-0.3, -0.25) is 9.69 Å². The number of nitrogens with one attached hydrogen (secondary N) is 2. The third-order valence-corrected chi connectivity index (χ3v) is 12.6. The average molecular weight is 650 g/mol. The van der Waals surface area contributed by atoms with E-state index in [1.807, 2.05) is 0 Å². The summed E-state index contributed by atoms with van der Waals surface area (Å²) < 4.78 is 0. The Morgan fingerprint density at radius 3 is 2.62 bits per heavy atom. The number of fused-ring (bicyclic) bond motifs is 7. The highest BCUT2D eigenvalue weighted by atomic mass is 16.4. The van der Waals surface area contributed by atoms with Crippen molar-refractivity contribution in [3.63, 3.8) is 0 Å². The molecular formula is C39H59N3O5. The van der Waals surface area contributed by atoms with Gasteiger partial charge in [-0.05, 0) is 126 Å². The Morgan fingerprint density at radius 2 is 1.83 bits per heavy atom. The number of aliphatic carboxylic acids is 1. The number of carboxylic acid groups (broad SMARTS) is 1. The van der Waals surface area contributed by atoms with E-state index in [2.05, 4.69) is 65.5 Å². The van der Waals surface area contributed by atoms with Gasteiger partial charge in [0.15, 0.2) is 0 Å². The van der Waals surface area contributed by atoms with Crippen LogP contribution in [0.25, 0.3) is 0 Å². The number of β-amino-alcohol motifs (C(OH)–C–C–N with tert-alkyl or cyclic N) is 1. The topological polar surface area (TPSA) is 125 Å². The Kier molecular flexibility index (Phi) is 11.0. The van der Waals surface area contributed by atoms with Crippen molar-refractivity contribution in [3.05, 3.63) is 35.4 Å². The van der Waals surface area contributed by atoms with Gasteiger partial charge in [0.25, 0.3) is 0 Å². The fourth-order valence-electron chi connectivity index (χ4n) is 10.1. The predicted molar refractivity (Wildman–Crippen MR) is 184 cm³/mol. The Labute approximate surface area is 282 Å². The van der Waals surface area contributed by atoms with E-state index in [0.29, 0.717) is 30.7 Å². The fourth-order valence-corrected chi connectivity index (χ4v) is 10.1. The minimum absolute atomic E-state index is 0.00568. The molecule has 0 aromatic heterocycles. The summed E-state index contributed by atoms with van der Waals surface area (Å²) >= 11 is 0. The summed E-state index contributed by atoms with van der Waals surface area (Å²) in [6, 6.07) is 10.4. The molecule has 8 nitrogen and oxygen atoms in total. The van der Waals surface area contributed by atoms with Crippen LogP contribution in [0.1, 0.15) is 102 Å². The van der Waals surface area contributed by atoms with Crippen LogP contribution in [-0.2, 0) is 17.6 Å². The molecule has 0 amide bonds. The lowest BCUT2D eigenvalue weighted by atomic mass is 9.71. The van der Waals surface area contributed by atoms with Crippen molar-refractivity contribution in [1.29, 1.82) is 0 Å². The maximum atomic E-state index is 11.9. The third-order valence-electron chi connectivity index (χ3n) is 12.6. The number of aliphatic hydroxyl groups excluding tert-OH is 2. The summed E-state index contributed by atoms with van der Waals surface area (Å²) in [4.78, 5) is 14.5. The van der Waals surface area contributed by atoms with Crippen molar-refractivity contribution >= 4 is 5.97 Å². The summed E-state index contributed by atoms with van der Waals surface area (Å²) in [5.41, 5.74) is 1.09. The summed E-state index contributed by atoms with van der Waals surface area (Å²) in [5, 5.41) is 50.2. The van der Waals surface area contributed by atoms with E-state index in [1.165, 1.54) is 11.1 Å². The molecule has 5 heterocycles. The first-order valence-electron chi connectivity index (χ1n) is 18.6. The van der Waals surface area contributed by atoms with Crippen molar-refractivity contribution in [3.8, 4) is 11.8 Å². The highest BCUT2D eigenvalue weighted by Gasteiger charge is 2.42. The van der Waals surface area contributed by atoms with Crippen molar-refractivity contribution < 1.29 is 25.2 Å². The number of benzene rings is 1. The zero-order valence-corrected chi connectivity index (χ0v) is 28.7. The van der Waals surface area contributed by atoms with Crippen LogP contribution >= 0.6 is 0 Å². The molecule has 11 atom stereocenters. The van der Waals surface area contributed by atoms with Gasteiger partial charge in [0.2, 0.25) is 0 Å². The first-order valence-corrected chi connectivity index (χ1v) is 18.6. The van der Waals surface area contributed by atoms with Gasteiger partial charge in [-0.15, -0.1) is 5.92 Å². The van der Waals surface area contributed by atoms with Gasteiger partial charge in [-0.2, -0.15) is 0 Å². The molecule has 47 heavy (non-hydrogen) atoms. The molecule has 5 aliphatic heterocycles. The second-order valence-corrected chi connectivity index (χ2v) is 16.5. The van der Waals surface area contributed by atoms with E-state index in [0.717, 1.165) is 77.2 Å². The predicted octanol–water partition coefficient (Wildman–Crippen LogP) is 3.89. The molecule has 6 rings (SSSR count). The summed E-state index contributed by atoms with van der Waals surface area (Å²) in [6.07, 6.45) is 10.7. The smallest absolute Gasteiger partial charge is 0.306 e. The highest BCUT2D eigenvalue weighted by Crippen LogP contribution is 2.41. The third kappa shape index (κ3) is 8.79. The molecule has 1 aromatic carbocycles. The van der Waals surface area contributed by atoms with Gasteiger partial charge in [0.1, 0.15) is 0 Å². The van der Waals surface area contributed by atoms with Crippen LogP contribution < -0.4 is 10.6 Å². The lowest BCUT2D eigenvalue weighted by Crippen LogP contribution is -2.61. The molecule has 5 aliphatic rings. The molecule has 6 bridgehead atoms. The molecular weight excluding hydrogens is 590 g/mol. The van der Waals surface area contributed by atoms with E-state index < -0.39 is 11.6 Å². The van der Waals surface area contributed by atoms with E-state index in [1.54, 1.807) is 0 Å². The second-order valence-electron chi connectivity index (χ2n) is 16.5. The minimum atomic E-state index is -1.38. The zero-order valence-electron chi connectivity index (χ0n) is 28.7. The Morgan fingerprint density at radius 1 is 1.04 bits per heavy atom. The number of aliphatic hydroxyl groups is 3. The normalized spacial score (nSPS) is 41.8.